The molecule has 0 aliphatic carbocycles. The Morgan fingerprint density at radius 3 is 1.93 bits per heavy atom. The van der Waals surface area contributed by atoms with Gasteiger partial charge in [0.1, 0.15) is 0 Å². The van der Waals surface area contributed by atoms with Crippen molar-refractivity contribution in [3.8, 4) is 22.5 Å². The van der Waals surface area contributed by atoms with Crippen molar-refractivity contribution >= 4 is 0 Å². The van der Waals surface area contributed by atoms with Crippen LogP contribution in [0, 0.1) is 20.8 Å². The summed E-state index contributed by atoms with van der Waals surface area (Å²) in [5, 5.41) is 4.95. The predicted octanol–water partition coefficient (Wildman–Crippen LogP) is 6.19. The van der Waals surface area contributed by atoms with Crippen LogP contribution in [0.1, 0.15) is 22.3 Å². The highest BCUT2D eigenvalue weighted by atomic mass is 15.3. The second-order valence-electron chi connectivity index (χ2n) is 7.29. The standard InChI is InChI=1S/C25H24N2/c1-18-7-11-22(12-8-18)24-16-25(23-13-9-19(2)10-14-23)27(26-24)17-21-6-4-5-20(3)15-21/h4-16H,17H2,1-3H3. The van der Waals surface area contributed by atoms with Crippen molar-refractivity contribution in [3.63, 3.8) is 0 Å². The molecule has 0 aliphatic rings. The number of hydrogen-bond acceptors (Lipinski definition) is 1. The van der Waals surface area contributed by atoms with E-state index in [4.69, 9.17) is 5.10 Å². The van der Waals surface area contributed by atoms with Crippen LogP contribution >= 0.6 is 0 Å². The van der Waals surface area contributed by atoms with Gasteiger partial charge in [0.25, 0.3) is 0 Å². The van der Waals surface area contributed by atoms with E-state index in [-0.39, 0.29) is 0 Å². The minimum atomic E-state index is 0.761. The molecule has 0 bridgehead atoms. The van der Waals surface area contributed by atoms with E-state index >= 15 is 0 Å². The molecule has 1 aromatic heterocycles. The highest BCUT2D eigenvalue weighted by Crippen LogP contribution is 2.27. The summed E-state index contributed by atoms with van der Waals surface area (Å²) in [5.41, 5.74) is 9.57. The van der Waals surface area contributed by atoms with Crippen molar-refractivity contribution in [3.05, 3.63) is 101 Å². The van der Waals surface area contributed by atoms with Crippen LogP contribution < -0.4 is 0 Å². The third kappa shape index (κ3) is 3.85. The minimum absolute atomic E-state index is 0.761. The maximum absolute atomic E-state index is 4.95. The van der Waals surface area contributed by atoms with Gasteiger partial charge in [-0.1, -0.05) is 89.5 Å². The molecule has 0 radical (unpaired) electrons. The molecule has 4 aromatic rings. The van der Waals surface area contributed by atoms with Gasteiger partial charge in [0, 0.05) is 5.56 Å². The van der Waals surface area contributed by atoms with Gasteiger partial charge < -0.3 is 0 Å². The fourth-order valence-corrected chi connectivity index (χ4v) is 3.34. The number of rotatable bonds is 4. The molecule has 0 saturated heterocycles. The number of aryl methyl sites for hydroxylation is 3. The topological polar surface area (TPSA) is 17.8 Å². The van der Waals surface area contributed by atoms with Gasteiger partial charge in [0.2, 0.25) is 0 Å². The summed E-state index contributed by atoms with van der Waals surface area (Å²) in [6.07, 6.45) is 0. The summed E-state index contributed by atoms with van der Waals surface area (Å²) in [6.45, 7) is 7.12. The van der Waals surface area contributed by atoms with Crippen molar-refractivity contribution in [2.45, 2.75) is 27.3 Å². The highest BCUT2D eigenvalue weighted by molar-refractivity contribution is 5.69. The number of aromatic nitrogens is 2. The number of nitrogens with zero attached hydrogens (tertiary/aromatic N) is 2. The third-order valence-electron chi connectivity index (χ3n) is 4.89. The van der Waals surface area contributed by atoms with Crippen LogP contribution in [0.25, 0.3) is 22.5 Å². The van der Waals surface area contributed by atoms with E-state index in [2.05, 4.69) is 104 Å². The fraction of sp³-hybridized carbons (Fsp3) is 0.160. The van der Waals surface area contributed by atoms with Gasteiger partial charge in [0.05, 0.1) is 17.9 Å². The van der Waals surface area contributed by atoms with Crippen molar-refractivity contribution in [1.82, 2.24) is 9.78 Å². The largest absolute Gasteiger partial charge is 0.260 e. The summed E-state index contributed by atoms with van der Waals surface area (Å²) >= 11 is 0. The van der Waals surface area contributed by atoms with E-state index in [1.165, 1.54) is 27.8 Å². The number of hydrogen-bond donors (Lipinski definition) is 0. The lowest BCUT2D eigenvalue weighted by Crippen LogP contribution is -2.04. The number of benzene rings is 3. The van der Waals surface area contributed by atoms with Crippen LogP contribution in [0.3, 0.4) is 0 Å². The lowest BCUT2D eigenvalue weighted by Gasteiger charge is -2.09. The highest BCUT2D eigenvalue weighted by Gasteiger charge is 2.12. The smallest absolute Gasteiger partial charge is 0.0929 e. The Hall–Kier alpha value is -3.13. The molecule has 134 valence electrons. The predicted molar refractivity (Wildman–Crippen MR) is 113 cm³/mol. The third-order valence-corrected chi connectivity index (χ3v) is 4.89. The second kappa shape index (κ2) is 7.24. The zero-order valence-corrected chi connectivity index (χ0v) is 16.1. The van der Waals surface area contributed by atoms with Gasteiger partial charge >= 0.3 is 0 Å². The van der Waals surface area contributed by atoms with E-state index in [0.717, 1.165) is 23.5 Å². The Labute approximate surface area is 161 Å². The molecule has 0 amide bonds. The molecular weight excluding hydrogens is 328 g/mol. The lowest BCUT2D eigenvalue weighted by molar-refractivity contribution is 0.696. The van der Waals surface area contributed by atoms with Crippen LogP contribution in [0.2, 0.25) is 0 Å². The molecule has 2 nitrogen and oxygen atoms in total. The molecule has 0 fully saturated rings. The van der Waals surface area contributed by atoms with E-state index in [1.807, 2.05) is 0 Å². The molecule has 27 heavy (non-hydrogen) atoms. The maximum Gasteiger partial charge on any atom is 0.0929 e. The van der Waals surface area contributed by atoms with Crippen LogP contribution in [0.15, 0.2) is 78.9 Å². The monoisotopic (exact) mass is 352 g/mol. The molecular formula is C25H24N2. The van der Waals surface area contributed by atoms with Crippen molar-refractivity contribution < 1.29 is 0 Å². The zero-order valence-electron chi connectivity index (χ0n) is 16.1. The molecule has 0 atom stereocenters. The first-order valence-corrected chi connectivity index (χ1v) is 9.36. The van der Waals surface area contributed by atoms with Crippen molar-refractivity contribution in [2.24, 2.45) is 0 Å². The average Bonchev–Trinajstić information content (AvgIpc) is 3.07. The first-order chi connectivity index (χ1) is 13.1. The summed E-state index contributed by atoms with van der Waals surface area (Å²) in [5.74, 6) is 0. The Kier molecular flexibility index (Phi) is 4.64. The molecule has 0 unspecified atom stereocenters. The molecule has 1 heterocycles. The van der Waals surface area contributed by atoms with Gasteiger partial charge in [-0.25, -0.2) is 0 Å². The SMILES string of the molecule is Cc1ccc(-c2cc(-c3ccc(C)cc3)n(Cc3cccc(C)c3)n2)cc1. The molecule has 0 spiro atoms. The normalized spacial score (nSPS) is 10.9. The van der Waals surface area contributed by atoms with Crippen molar-refractivity contribution in [1.29, 1.82) is 0 Å². The second-order valence-corrected chi connectivity index (χ2v) is 7.29. The Morgan fingerprint density at radius 2 is 1.30 bits per heavy atom. The van der Waals surface area contributed by atoms with Gasteiger partial charge in [-0.2, -0.15) is 5.10 Å². The fourth-order valence-electron chi connectivity index (χ4n) is 3.34. The average molecular weight is 352 g/mol. The molecule has 3 aromatic carbocycles. The van der Waals surface area contributed by atoms with Gasteiger partial charge in [0.15, 0.2) is 0 Å². The van der Waals surface area contributed by atoms with E-state index in [1.54, 1.807) is 0 Å². The quantitative estimate of drug-likeness (QED) is 0.428. The van der Waals surface area contributed by atoms with Crippen LogP contribution in [0.4, 0.5) is 0 Å². The van der Waals surface area contributed by atoms with E-state index in [9.17, 15) is 0 Å². The van der Waals surface area contributed by atoms with Crippen molar-refractivity contribution in [2.75, 3.05) is 0 Å². The Bertz CT molecular complexity index is 1050. The first kappa shape index (κ1) is 17.3. The van der Waals surface area contributed by atoms with Crippen LogP contribution in [0.5, 0.6) is 0 Å². The van der Waals surface area contributed by atoms with Crippen LogP contribution in [-0.4, -0.2) is 9.78 Å². The Morgan fingerprint density at radius 1 is 0.667 bits per heavy atom. The Balaban J connectivity index is 1.79. The summed E-state index contributed by atoms with van der Waals surface area (Å²) in [7, 11) is 0. The molecule has 2 heteroatoms. The minimum Gasteiger partial charge on any atom is -0.260 e. The molecule has 0 saturated carbocycles. The molecule has 4 rings (SSSR count). The molecule has 0 aliphatic heterocycles. The van der Waals surface area contributed by atoms with Gasteiger partial charge in [-0.05, 0) is 38.0 Å². The van der Waals surface area contributed by atoms with Gasteiger partial charge in [-0.15, -0.1) is 0 Å². The zero-order chi connectivity index (χ0) is 18.8. The first-order valence-electron chi connectivity index (χ1n) is 9.36. The lowest BCUT2D eigenvalue weighted by atomic mass is 10.1. The van der Waals surface area contributed by atoms with E-state index in [0.29, 0.717) is 0 Å². The summed E-state index contributed by atoms with van der Waals surface area (Å²) in [4.78, 5) is 0. The van der Waals surface area contributed by atoms with Crippen LogP contribution in [-0.2, 0) is 6.54 Å². The van der Waals surface area contributed by atoms with E-state index < -0.39 is 0 Å². The summed E-state index contributed by atoms with van der Waals surface area (Å²) < 4.78 is 2.12. The molecule has 0 N–H and O–H groups in total. The van der Waals surface area contributed by atoms with Gasteiger partial charge in [-0.3, -0.25) is 4.68 Å². The maximum atomic E-state index is 4.95. The summed E-state index contributed by atoms with van der Waals surface area (Å²) in [6, 6.07) is 28.1.